The lowest BCUT2D eigenvalue weighted by Gasteiger charge is -2.23. The number of amides is 1. The van der Waals surface area contributed by atoms with Crippen LogP contribution in [0.2, 0.25) is 0 Å². The number of carbonyl (C=O) groups is 1. The molecule has 0 aliphatic carbocycles. The standard InChI is InChI=1S/C20H21NO2S/c1-15-5-6-19(16(2)12-15)20(22)21(13-17-8-10-23-14-17)9-7-18-4-3-11-24-18/h3-6,8,10-12,14H,7,9,13H2,1-2H3. The molecule has 0 N–H and O–H groups in total. The molecule has 0 aliphatic heterocycles. The second-order valence-electron chi connectivity index (χ2n) is 6.01. The number of benzene rings is 1. The van der Waals surface area contributed by atoms with Crippen LogP contribution in [-0.4, -0.2) is 17.4 Å². The summed E-state index contributed by atoms with van der Waals surface area (Å²) in [6, 6.07) is 12.1. The van der Waals surface area contributed by atoms with Crippen molar-refractivity contribution < 1.29 is 9.21 Å². The summed E-state index contributed by atoms with van der Waals surface area (Å²) in [5, 5.41) is 2.07. The normalized spacial score (nSPS) is 10.8. The van der Waals surface area contributed by atoms with Gasteiger partial charge in [0, 0.05) is 29.1 Å². The molecule has 0 fully saturated rings. The molecule has 1 amide bonds. The van der Waals surface area contributed by atoms with Gasteiger partial charge >= 0.3 is 0 Å². The van der Waals surface area contributed by atoms with Crippen molar-refractivity contribution in [3.63, 3.8) is 0 Å². The third-order valence-corrected chi connectivity index (χ3v) is 5.00. The van der Waals surface area contributed by atoms with E-state index in [4.69, 9.17) is 4.42 Å². The highest BCUT2D eigenvalue weighted by atomic mass is 32.1. The number of carbonyl (C=O) groups excluding carboxylic acids is 1. The molecule has 1 aromatic carbocycles. The molecule has 0 radical (unpaired) electrons. The molecule has 4 heteroatoms. The quantitative estimate of drug-likeness (QED) is 0.643. The SMILES string of the molecule is Cc1ccc(C(=O)N(CCc2cccs2)Cc2ccoc2)c(C)c1. The van der Waals surface area contributed by atoms with Crippen molar-refractivity contribution in [2.45, 2.75) is 26.8 Å². The van der Waals surface area contributed by atoms with Crippen LogP contribution in [0.5, 0.6) is 0 Å². The molecular weight excluding hydrogens is 318 g/mol. The Morgan fingerprint density at radius 1 is 1.21 bits per heavy atom. The van der Waals surface area contributed by atoms with Crippen LogP contribution in [0.4, 0.5) is 0 Å². The zero-order chi connectivity index (χ0) is 16.9. The summed E-state index contributed by atoms with van der Waals surface area (Å²) in [6.45, 7) is 5.29. The van der Waals surface area contributed by atoms with E-state index in [0.29, 0.717) is 13.1 Å². The van der Waals surface area contributed by atoms with Gasteiger partial charge in [0.15, 0.2) is 0 Å². The van der Waals surface area contributed by atoms with Gasteiger partial charge in [0.05, 0.1) is 12.5 Å². The predicted octanol–water partition coefficient (Wildman–Crippen LogP) is 4.84. The van der Waals surface area contributed by atoms with Crippen LogP contribution in [0.15, 0.2) is 58.7 Å². The monoisotopic (exact) mass is 339 g/mol. The van der Waals surface area contributed by atoms with Crippen molar-refractivity contribution >= 4 is 17.2 Å². The molecule has 0 spiro atoms. The molecule has 2 aromatic heterocycles. The fourth-order valence-corrected chi connectivity index (χ4v) is 3.48. The second kappa shape index (κ2) is 7.49. The van der Waals surface area contributed by atoms with Crippen molar-refractivity contribution in [2.24, 2.45) is 0 Å². The number of hydrogen-bond donors (Lipinski definition) is 0. The molecule has 24 heavy (non-hydrogen) atoms. The van der Waals surface area contributed by atoms with Gasteiger partial charge in [0.1, 0.15) is 0 Å². The van der Waals surface area contributed by atoms with E-state index < -0.39 is 0 Å². The van der Waals surface area contributed by atoms with Gasteiger partial charge in [-0.1, -0.05) is 23.8 Å². The van der Waals surface area contributed by atoms with Crippen molar-refractivity contribution in [2.75, 3.05) is 6.54 Å². The maximum absolute atomic E-state index is 13.1. The summed E-state index contributed by atoms with van der Waals surface area (Å²) in [7, 11) is 0. The summed E-state index contributed by atoms with van der Waals surface area (Å²) in [4.78, 5) is 16.3. The number of rotatable bonds is 6. The van der Waals surface area contributed by atoms with Crippen molar-refractivity contribution in [1.29, 1.82) is 0 Å². The van der Waals surface area contributed by atoms with Crippen LogP contribution in [-0.2, 0) is 13.0 Å². The summed E-state index contributed by atoms with van der Waals surface area (Å²) in [6.07, 6.45) is 4.22. The van der Waals surface area contributed by atoms with Gasteiger partial charge in [-0.25, -0.2) is 0 Å². The average molecular weight is 339 g/mol. The van der Waals surface area contributed by atoms with Crippen LogP contribution in [0.1, 0.15) is 31.9 Å². The van der Waals surface area contributed by atoms with Gasteiger partial charge in [0.2, 0.25) is 0 Å². The van der Waals surface area contributed by atoms with Crippen molar-refractivity contribution in [3.05, 3.63) is 81.4 Å². The van der Waals surface area contributed by atoms with Crippen molar-refractivity contribution in [3.8, 4) is 0 Å². The topological polar surface area (TPSA) is 33.5 Å². The van der Waals surface area contributed by atoms with Crippen LogP contribution in [0.25, 0.3) is 0 Å². The Labute approximate surface area is 146 Å². The van der Waals surface area contributed by atoms with Crippen LogP contribution in [0, 0.1) is 13.8 Å². The summed E-state index contributed by atoms with van der Waals surface area (Å²) in [5.41, 5.74) is 3.98. The highest BCUT2D eigenvalue weighted by Crippen LogP contribution is 2.17. The van der Waals surface area contributed by atoms with E-state index in [1.165, 1.54) is 10.4 Å². The fourth-order valence-electron chi connectivity index (χ4n) is 2.78. The molecular formula is C20H21NO2S. The molecule has 0 saturated carbocycles. The molecule has 3 aromatic rings. The van der Waals surface area contributed by atoms with E-state index in [0.717, 1.165) is 23.1 Å². The third-order valence-electron chi connectivity index (χ3n) is 4.06. The van der Waals surface area contributed by atoms with E-state index in [1.54, 1.807) is 23.9 Å². The highest BCUT2D eigenvalue weighted by Gasteiger charge is 2.18. The lowest BCUT2D eigenvalue weighted by atomic mass is 10.0. The number of nitrogens with zero attached hydrogens (tertiary/aromatic N) is 1. The Bertz CT molecular complexity index is 791. The average Bonchev–Trinajstić information content (AvgIpc) is 3.24. The Balaban J connectivity index is 1.80. The fraction of sp³-hybridized carbons (Fsp3) is 0.250. The van der Waals surface area contributed by atoms with E-state index in [9.17, 15) is 4.79 Å². The lowest BCUT2D eigenvalue weighted by molar-refractivity contribution is 0.0744. The molecule has 0 bridgehead atoms. The first-order chi connectivity index (χ1) is 11.6. The van der Waals surface area contributed by atoms with Gasteiger partial charge in [-0.3, -0.25) is 4.79 Å². The number of thiophene rings is 1. The van der Waals surface area contributed by atoms with E-state index in [-0.39, 0.29) is 5.91 Å². The summed E-state index contributed by atoms with van der Waals surface area (Å²) < 4.78 is 5.15. The number of furan rings is 1. The molecule has 0 unspecified atom stereocenters. The molecule has 0 atom stereocenters. The van der Waals surface area contributed by atoms with Crippen LogP contribution in [0.3, 0.4) is 0 Å². The first-order valence-electron chi connectivity index (χ1n) is 8.03. The minimum Gasteiger partial charge on any atom is -0.472 e. The maximum atomic E-state index is 13.1. The minimum atomic E-state index is 0.0743. The number of aryl methyl sites for hydroxylation is 2. The predicted molar refractivity (Wildman–Crippen MR) is 97.4 cm³/mol. The van der Waals surface area contributed by atoms with E-state index in [2.05, 4.69) is 17.5 Å². The van der Waals surface area contributed by atoms with Crippen molar-refractivity contribution in [1.82, 2.24) is 4.90 Å². The van der Waals surface area contributed by atoms with Crippen LogP contribution < -0.4 is 0 Å². The molecule has 3 nitrogen and oxygen atoms in total. The van der Waals surface area contributed by atoms with E-state index >= 15 is 0 Å². The Hall–Kier alpha value is -2.33. The third kappa shape index (κ3) is 3.95. The lowest BCUT2D eigenvalue weighted by Crippen LogP contribution is -2.32. The van der Waals surface area contributed by atoms with E-state index in [1.807, 2.05) is 43.0 Å². The Morgan fingerprint density at radius 3 is 2.75 bits per heavy atom. The largest absolute Gasteiger partial charge is 0.472 e. The molecule has 3 rings (SSSR count). The zero-order valence-electron chi connectivity index (χ0n) is 14.0. The first-order valence-corrected chi connectivity index (χ1v) is 8.91. The Morgan fingerprint density at radius 2 is 2.08 bits per heavy atom. The van der Waals surface area contributed by atoms with Gasteiger partial charge in [0.25, 0.3) is 5.91 Å². The molecule has 0 saturated heterocycles. The molecule has 0 aliphatic rings. The van der Waals surface area contributed by atoms with Gasteiger partial charge in [-0.15, -0.1) is 11.3 Å². The number of hydrogen-bond acceptors (Lipinski definition) is 3. The minimum absolute atomic E-state index is 0.0743. The first kappa shape index (κ1) is 16.5. The highest BCUT2D eigenvalue weighted by molar-refractivity contribution is 7.09. The summed E-state index contributed by atoms with van der Waals surface area (Å²) >= 11 is 1.73. The second-order valence-corrected chi connectivity index (χ2v) is 7.04. The van der Waals surface area contributed by atoms with Gasteiger partial charge in [-0.2, -0.15) is 0 Å². The summed E-state index contributed by atoms with van der Waals surface area (Å²) in [5.74, 6) is 0.0743. The van der Waals surface area contributed by atoms with Gasteiger partial charge < -0.3 is 9.32 Å². The zero-order valence-corrected chi connectivity index (χ0v) is 14.8. The van der Waals surface area contributed by atoms with Gasteiger partial charge in [-0.05, 0) is 49.4 Å². The maximum Gasteiger partial charge on any atom is 0.254 e. The Kier molecular flexibility index (Phi) is 5.16. The smallest absolute Gasteiger partial charge is 0.254 e. The molecule has 124 valence electrons. The molecule has 2 heterocycles. The van der Waals surface area contributed by atoms with Crippen LogP contribution >= 0.6 is 11.3 Å².